The van der Waals surface area contributed by atoms with Gasteiger partial charge in [-0.05, 0) is 19.4 Å². The molecule has 1 aliphatic heterocycles. The number of allylic oxidation sites excluding steroid dienone is 2. The fourth-order valence-corrected chi connectivity index (χ4v) is 4.40. The number of non-ortho nitro benzene ring substituents is 1. The van der Waals surface area contributed by atoms with Gasteiger partial charge < -0.3 is 19.9 Å². The van der Waals surface area contributed by atoms with Crippen LogP contribution < -0.4 is 14.8 Å². The zero-order valence-electron chi connectivity index (χ0n) is 18.9. The molecule has 35 heavy (non-hydrogen) atoms. The van der Waals surface area contributed by atoms with Gasteiger partial charge in [-0.3, -0.25) is 29.3 Å². The van der Waals surface area contributed by atoms with Crippen molar-refractivity contribution >= 4 is 28.9 Å². The van der Waals surface area contributed by atoms with E-state index in [4.69, 9.17) is 9.47 Å². The number of nitrogens with one attached hydrogen (secondary N) is 1. The van der Waals surface area contributed by atoms with E-state index in [0.29, 0.717) is 5.56 Å². The lowest BCUT2D eigenvalue weighted by molar-refractivity contribution is -0.384. The number of phenolic OH excluding ortho intramolecular Hbond substituents is 1. The number of ether oxygens (including phenoxy) is 2. The zero-order valence-corrected chi connectivity index (χ0v) is 18.9. The Kier molecular flexibility index (Phi) is 5.63. The molecule has 0 bridgehead atoms. The third kappa shape index (κ3) is 3.61. The molecule has 180 valence electrons. The molecule has 11 nitrogen and oxygen atoms in total. The molecule has 0 fully saturated rings. The molecule has 4 rings (SSSR count). The molecule has 11 heteroatoms. The topological polar surface area (TPSA) is 162 Å². The average Bonchev–Trinajstić information content (AvgIpc) is 3.10. The third-order valence-corrected chi connectivity index (χ3v) is 6.17. The number of nitro groups is 1. The molecule has 1 unspecified atom stereocenters. The highest BCUT2D eigenvalue weighted by Crippen LogP contribution is 2.56. The van der Waals surface area contributed by atoms with Gasteiger partial charge in [-0.15, -0.1) is 0 Å². The Hall–Kier alpha value is -4.54. The number of nitrogens with zero attached hydrogens (tertiary/aromatic N) is 1. The highest BCUT2D eigenvalue weighted by molar-refractivity contribution is 6.27. The van der Waals surface area contributed by atoms with Gasteiger partial charge in [0.1, 0.15) is 39.9 Å². The monoisotopic (exact) mass is 480 g/mol. The van der Waals surface area contributed by atoms with Crippen molar-refractivity contribution in [3.05, 3.63) is 69.0 Å². The Labute approximate surface area is 198 Å². The number of methoxy groups -OCH3 is 1. The number of fused-ring (bicyclic) bond motifs is 3. The molecular weight excluding hydrogens is 460 g/mol. The van der Waals surface area contributed by atoms with E-state index in [1.165, 1.54) is 32.2 Å². The number of phenols is 1. The molecular formula is C24H20N2O9. The van der Waals surface area contributed by atoms with Crippen molar-refractivity contribution in [1.82, 2.24) is 5.32 Å². The first-order valence-corrected chi connectivity index (χ1v) is 10.4. The molecule has 1 heterocycles. The van der Waals surface area contributed by atoms with Crippen LogP contribution in [0.5, 0.6) is 17.2 Å². The van der Waals surface area contributed by atoms with E-state index in [2.05, 4.69) is 5.32 Å². The maximum atomic E-state index is 13.3. The minimum Gasteiger partial charge on any atom is -0.507 e. The summed E-state index contributed by atoms with van der Waals surface area (Å²) in [6.45, 7) is 2.45. The number of aromatic hydroxyl groups is 1. The highest BCUT2D eigenvalue weighted by atomic mass is 16.6. The first-order valence-electron chi connectivity index (χ1n) is 10.4. The van der Waals surface area contributed by atoms with Gasteiger partial charge in [0.05, 0.1) is 17.6 Å². The van der Waals surface area contributed by atoms with Crippen LogP contribution in [0, 0.1) is 16.0 Å². The van der Waals surface area contributed by atoms with Crippen molar-refractivity contribution in [1.29, 1.82) is 0 Å². The van der Waals surface area contributed by atoms with E-state index in [0.717, 1.165) is 19.1 Å². The predicted molar refractivity (Wildman–Crippen MR) is 119 cm³/mol. The van der Waals surface area contributed by atoms with Crippen LogP contribution in [-0.2, 0) is 26.3 Å². The lowest BCUT2D eigenvalue weighted by atomic mass is 9.67. The number of hydrogen-bond donors (Lipinski definition) is 2. The van der Waals surface area contributed by atoms with Gasteiger partial charge in [0.2, 0.25) is 0 Å². The van der Waals surface area contributed by atoms with Gasteiger partial charge in [0.25, 0.3) is 11.6 Å². The largest absolute Gasteiger partial charge is 0.507 e. The van der Waals surface area contributed by atoms with Crippen LogP contribution in [0.2, 0.25) is 0 Å². The molecule has 1 aliphatic carbocycles. The normalized spacial score (nSPS) is 20.3. The number of Topliss-reactive ketones (excluding diaryl/α,β-unsaturated/α-hetero) is 2. The molecule has 0 saturated heterocycles. The molecule has 1 amide bonds. The summed E-state index contributed by atoms with van der Waals surface area (Å²) < 4.78 is 11.0. The van der Waals surface area contributed by atoms with E-state index in [-0.39, 0.29) is 40.6 Å². The lowest BCUT2D eigenvalue weighted by Crippen LogP contribution is -2.47. The number of hydrogen-bond acceptors (Lipinski definition) is 9. The summed E-state index contributed by atoms with van der Waals surface area (Å²) in [5, 5.41) is 24.4. The summed E-state index contributed by atoms with van der Waals surface area (Å²) in [5.74, 6) is -5.20. The summed E-state index contributed by atoms with van der Waals surface area (Å²) in [7, 11) is 1.27. The van der Waals surface area contributed by atoms with Crippen LogP contribution in [0.4, 0.5) is 5.69 Å². The van der Waals surface area contributed by atoms with Gasteiger partial charge in [0, 0.05) is 30.8 Å². The van der Waals surface area contributed by atoms with E-state index < -0.39 is 45.3 Å². The number of benzene rings is 2. The maximum absolute atomic E-state index is 13.3. The van der Waals surface area contributed by atoms with Crippen molar-refractivity contribution in [2.45, 2.75) is 25.8 Å². The predicted octanol–water partition coefficient (Wildman–Crippen LogP) is 2.13. The summed E-state index contributed by atoms with van der Waals surface area (Å²) in [4.78, 5) is 61.4. The van der Waals surface area contributed by atoms with Gasteiger partial charge in [-0.25, -0.2) is 0 Å². The Balaban J connectivity index is 1.77. The number of nitro benzene ring substituents is 1. The third-order valence-electron chi connectivity index (χ3n) is 6.17. The lowest BCUT2D eigenvalue weighted by Gasteiger charge is -2.30. The average molecular weight is 480 g/mol. The Morgan fingerprint density at radius 3 is 2.63 bits per heavy atom. The second-order valence-corrected chi connectivity index (χ2v) is 8.33. The van der Waals surface area contributed by atoms with Crippen molar-refractivity contribution in [3.63, 3.8) is 0 Å². The molecule has 0 spiro atoms. The number of rotatable bonds is 6. The van der Waals surface area contributed by atoms with E-state index in [1.807, 2.05) is 0 Å². The summed E-state index contributed by atoms with van der Waals surface area (Å²) in [6.07, 6.45) is 1.03. The molecule has 2 atom stereocenters. The first kappa shape index (κ1) is 23.6. The van der Waals surface area contributed by atoms with E-state index >= 15 is 0 Å². The van der Waals surface area contributed by atoms with Crippen LogP contribution >= 0.6 is 0 Å². The summed E-state index contributed by atoms with van der Waals surface area (Å²) >= 11 is 0. The fraction of sp³-hybridized carbons (Fsp3) is 0.250. The maximum Gasteiger partial charge on any atom is 0.269 e. The van der Waals surface area contributed by atoms with E-state index in [1.54, 1.807) is 6.07 Å². The molecule has 0 aromatic heterocycles. The van der Waals surface area contributed by atoms with Gasteiger partial charge in [0.15, 0.2) is 17.3 Å². The molecule has 2 aromatic rings. The fourth-order valence-electron chi connectivity index (χ4n) is 4.40. The van der Waals surface area contributed by atoms with Crippen molar-refractivity contribution in [2.24, 2.45) is 5.92 Å². The number of ketones is 3. The summed E-state index contributed by atoms with van der Waals surface area (Å²) in [6, 6.07) is 6.84. The SMILES string of the molecule is COc1cc(O)c2c(c1C(=O)NCc1cccc([N+](=O)[O-])c1)OC1=CC(=O)C(C(C)=O)C(=O)[C@]12C. The molecule has 2 aromatic carbocycles. The number of carbonyl (C=O) groups excluding carboxylic acids is 4. The van der Waals surface area contributed by atoms with Crippen LogP contribution in [0.3, 0.4) is 0 Å². The Morgan fingerprint density at radius 2 is 2.00 bits per heavy atom. The van der Waals surface area contributed by atoms with Crippen LogP contribution in [-0.4, -0.2) is 40.4 Å². The highest BCUT2D eigenvalue weighted by Gasteiger charge is 2.58. The van der Waals surface area contributed by atoms with Crippen molar-refractivity contribution in [2.75, 3.05) is 7.11 Å². The quantitative estimate of drug-likeness (QED) is 0.358. The van der Waals surface area contributed by atoms with Gasteiger partial charge >= 0.3 is 0 Å². The molecule has 0 radical (unpaired) electrons. The van der Waals surface area contributed by atoms with Gasteiger partial charge in [-0.2, -0.15) is 0 Å². The zero-order chi connectivity index (χ0) is 25.7. The molecule has 2 aliphatic rings. The standard InChI is InChI=1S/C24H20N2O9/c1-11(27)18-14(28)9-17-24(2,22(18)30)20-15(29)8-16(34-3)19(21(20)35-17)23(31)25-10-12-5-4-6-13(7-12)26(32)33/h4-9,18,29H,10H2,1-3H3,(H,25,31)/t18?,24-/m1/s1. The summed E-state index contributed by atoms with van der Waals surface area (Å²) in [5.41, 5.74) is -1.58. The van der Waals surface area contributed by atoms with E-state index in [9.17, 15) is 34.4 Å². The second-order valence-electron chi connectivity index (χ2n) is 8.33. The molecule has 0 saturated carbocycles. The Bertz CT molecular complexity index is 1360. The van der Waals surface area contributed by atoms with Gasteiger partial charge in [-0.1, -0.05) is 12.1 Å². The smallest absolute Gasteiger partial charge is 0.269 e. The number of carbonyl (C=O) groups is 4. The minimum atomic E-state index is -1.68. The van der Waals surface area contributed by atoms with Crippen LogP contribution in [0.25, 0.3) is 0 Å². The minimum absolute atomic E-state index is 0.0613. The number of amides is 1. The second kappa shape index (κ2) is 8.35. The van der Waals surface area contributed by atoms with Crippen LogP contribution in [0.15, 0.2) is 42.2 Å². The van der Waals surface area contributed by atoms with Crippen molar-refractivity contribution in [3.8, 4) is 17.2 Å². The first-order chi connectivity index (χ1) is 16.5. The van der Waals surface area contributed by atoms with Crippen molar-refractivity contribution < 1.29 is 38.7 Å². The Morgan fingerprint density at radius 1 is 1.29 bits per heavy atom. The molecule has 2 N–H and O–H groups in total. The van der Waals surface area contributed by atoms with Crippen LogP contribution in [0.1, 0.15) is 35.3 Å².